The lowest BCUT2D eigenvalue weighted by Gasteiger charge is -2.06. The summed E-state index contributed by atoms with van der Waals surface area (Å²) in [6.45, 7) is -0.286. The van der Waals surface area contributed by atoms with Gasteiger partial charge in [-0.3, -0.25) is 9.36 Å². The number of carbonyl (C=O) groups is 1. The first-order valence-corrected chi connectivity index (χ1v) is 9.61. The Labute approximate surface area is 160 Å². The summed E-state index contributed by atoms with van der Waals surface area (Å²) in [7, 11) is -2.62. The fraction of sp³-hybridized carbons (Fsp3) is 0.111. The third kappa shape index (κ3) is 3.81. The molecule has 0 unspecified atom stereocenters. The van der Waals surface area contributed by atoms with Gasteiger partial charge in [0.05, 0.1) is 18.6 Å². The van der Waals surface area contributed by atoms with Crippen molar-refractivity contribution in [3.8, 4) is 5.75 Å². The van der Waals surface area contributed by atoms with Gasteiger partial charge in [0.2, 0.25) is 0 Å². The summed E-state index contributed by atoms with van der Waals surface area (Å²) >= 11 is 5.79. The van der Waals surface area contributed by atoms with Crippen molar-refractivity contribution in [2.24, 2.45) is 0 Å². The number of hydrogen-bond acceptors (Lipinski definition) is 5. The first-order chi connectivity index (χ1) is 12.8. The number of imidazole rings is 1. The fourth-order valence-electron chi connectivity index (χ4n) is 2.44. The van der Waals surface area contributed by atoms with Gasteiger partial charge in [0.1, 0.15) is 5.75 Å². The quantitative estimate of drug-likeness (QED) is 0.587. The maximum atomic E-state index is 12.7. The summed E-state index contributed by atoms with van der Waals surface area (Å²) in [5.41, 5.74) is -0.454. The van der Waals surface area contributed by atoms with Crippen molar-refractivity contribution in [1.82, 2.24) is 8.54 Å². The van der Waals surface area contributed by atoms with Gasteiger partial charge in [-0.1, -0.05) is 11.6 Å². The molecule has 140 valence electrons. The van der Waals surface area contributed by atoms with Gasteiger partial charge in [-0.2, -0.15) is 3.97 Å². The zero-order chi connectivity index (χ0) is 19.6. The molecule has 0 amide bonds. The molecule has 0 spiro atoms. The van der Waals surface area contributed by atoms with Crippen LogP contribution in [0.3, 0.4) is 0 Å². The van der Waals surface area contributed by atoms with E-state index in [0.717, 1.165) is 10.8 Å². The van der Waals surface area contributed by atoms with Crippen LogP contribution in [-0.2, 0) is 16.6 Å². The van der Waals surface area contributed by atoms with E-state index >= 15 is 0 Å². The van der Waals surface area contributed by atoms with E-state index in [1.807, 2.05) is 0 Å². The predicted octanol–water partition coefficient (Wildman–Crippen LogP) is 2.43. The van der Waals surface area contributed by atoms with Crippen LogP contribution in [0.1, 0.15) is 10.4 Å². The number of halogens is 1. The number of rotatable bonds is 6. The van der Waals surface area contributed by atoms with Crippen molar-refractivity contribution >= 4 is 27.4 Å². The van der Waals surface area contributed by atoms with Crippen LogP contribution in [0, 0.1) is 0 Å². The Morgan fingerprint density at radius 2 is 1.67 bits per heavy atom. The van der Waals surface area contributed by atoms with Crippen LogP contribution in [0.25, 0.3) is 0 Å². The minimum Gasteiger partial charge on any atom is -0.497 e. The number of hydrogen-bond donors (Lipinski definition) is 0. The number of ether oxygens (including phenoxy) is 1. The van der Waals surface area contributed by atoms with Gasteiger partial charge in [0.15, 0.2) is 5.78 Å². The molecule has 0 N–H and O–H groups in total. The maximum Gasteiger partial charge on any atom is 0.342 e. The molecule has 0 saturated carbocycles. The van der Waals surface area contributed by atoms with Crippen molar-refractivity contribution < 1.29 is 17.9 Å². The molecule has 9 heteroatoms. The molecular weight excluding hydrogens is 392 g/mol. The molecule has 7 nitrogen and oxygen atoms in total. The van der Waals surface area contributed by atoms with Crippen LogP contribution < -0.4 is 10.4 Å². The van der Waals surface area contributed by atoms with Gasteiger partial charge < -0.3 is 4.74 Å². The Morgan fingerprint density at radius 1 is 1.04 bits per heavy atom. The number of aromatic nitrogens is 2. The van der Waals surface area contributed by atoms with E-state index in [1.165, 1.54) is 37.6 Å². The minimum absolute atomic E-state index is 0.0628. The minimum atomic E-state index is -4.08. The second-order valence-electron chi connectivity index (χ2n) is 5.62. The maximum absolute atomic E-state index is 12.7. The number of carbonyl (C=O) groups excluding carboxylic acids is 1. The summed E-state index contributed by atoms with van der Waals surface area (Å²) in [4.78, 5) is 24.7. The zero-order valence-corrected chi connectivity index (χ0v) is 15.8. The van der Waals surface area contributed by atoms with Gasteiger partial charge in [-0.15, -0.1) is 0 Å². The molecule has 3 rings (SSSR count). The van der Waals surface area contributed by atoms with Crippen LogP contribution >= 0.6 is 11.6 Å². The highest BCUT2D eigenvalue weighted by molar-refractivity contribution is 7.90. The van der Waals surface area contributed by atoms with Crippen molar-refractivity contribution in [3.63, 3.8) is 0 Å². The number of Topliss-reactive ketones (excluding diaryl/α,β-unsaturated/α-hetero) is 1. The SMILES string of the molecule is COc1ccc(S(=O)(=O)n2ccn(CC(=O)c3ccc(Cl)cc3)c2=O)cc1. The van der Waals surface area contributed by atoms with E-state index in [4.69, 9.17) is 16.3 Å². The van der Waals surface area contributed by atoms with Gasteiger partial charge in [-0.25, -0.2) is 13.2 Å². The van der Waals surface area contributed by atoms with Gasteiger partial charge >= 0.3 is 5.69 Å². The van der Waals surface area contributed by atoms with Gasteiger partial charge in [0, 0.05) is 23.0 Å². The molecule has 3 aromatic rings. The number of benzene rings is 2. The molecule has 1 aromatic heterocycles. The highest BCUT2D eigenvalue weighted by atomic mass is 35.5. The van der Waals surface area contributed by atoms with Crippen LogP contribution in [0.5, 0.6) is 5.75 Å². The average molecular weight is 407 g/mol. The molecule has 0 bridgehead atoms. The zero-order valence-electron chi connectivity index (χ0n) is 14.2. The third-order valence-electron chi connectivity index (χ3n) is 3.91. The summed E-state index contributed by atoms with van der Waals surface area (Å²) in [6.07, 6.45) is 2.38. The second kappa shape index (κ2) is 7.42. The first-order valence-electron chi connectivity index (χ1n) is 7.79. The first kappa shape index (κ1) is 18.9. The monoisotopic (exact) mass is 406 g/mol. The van der Waals surface area contributed by atoms with E-state index in [2.05, 4.69) is 0 Å². The summed E-state index contributed by atoms with van der Waals surface area (Å²) in [6, 6.07) is 11.9. The average Bonchev–Trinajstić information content (AvgIpc) is 3.03. The largest absolute Gasteiger partial charge is 0.497 e. The topological polar surface area (TPSA) is 87.4 Å². The van der Waals surface area contributed by atoms with E-state index in [0.29, 0.717) is 20.3 Å². The Hall–Kier alpha value is -2.84. The van der Waals surface area contributed by atoms with Crippen molar-refractivity contribution in [1.29, 1.82) is 0 Å². The highest BCUT2D eigenvalue weighted by Crippen LogP contribution is 2.17. The summed E-state index contributed by atoms with van der Waals surface area (Å²) in [5.74, 6) is 0.154. The number of ketones is 1. The molecular formula is C18H15ClN2O5S. The Bertz CT molecular complexity index is 1130. The van der Waals surface area contributed by atoms with E-state index in [-0.39, 0.29) is 17.2 Å². The van der Waals surface area contributed by atoms with E-state index in [1.54, 1.807) is 24.3 Å². The van der Waals surface area contributed by atoms with Gasteiger partial charge in [0.25, 0.3) is 10.0 Å². The van der Waals surface area contributed by atoms with E-state index < -0.39 is 15.7 Å². The van der Waals surface area contributed by atoms with Crippen LogP contribution in [-0.4, -0.2) is 29.9 Å². The number of methoxy groups -OCH3 is 1. The fourth-order valence-corrected chi connectivity index (χ4v) is 3.80. The van der Waals surface area contributed by atoms with Gasteiger partial charge in [-0.05, 0) is 48.5 Å². The smallest absolute Gasteiger partial charge is 0.342 e. The normalized spacial score (nSPS) is 11.3. The molecule has 0 radical (unpaired) electrons. The van der Waals surface area contributed by atoms with Crippen LogP contribution in [0.15, 0.2) is 70.6 Å². The lowest BCUT2D eigenvalue weighted by molar-refractivity contribution is 0.0971. The molecule has 0 aliphatic rings. The number of nitrogens with zero attached hydrogens (tertiary/aromatic N) is 2. The van der Waals surface area contributed by atoms with Crippen molar-refractivity contribution in [2.45, 2.75) is 11.4 Å². The second-order valence-corrected chi connectivity index (χ2v) is 7.87. The Balaban J connectivity index is 1.89. The molecule has 0 saturated heterocycles. The molecule has 2 aromatic carbocycles. The Morgan fingerprint density at radius 3 is 2.26 bits per heavy atom. The Kier molecular flexibility index (Phi) is 5.20. The lowest BCUT2D eigenvalue weighted by atomic mass is 10.1. The molecule has 0 aliphatic heterocycles. The summed E-state index contributed by atoms with van der Waals surface area (Å²) < 4.78 is 32.0. The molecule has 1 heterocycles. The standard InChI is InChI=1S/C18H15ClN2O5S/c1-26-15-6-8-16(9-7-15)27(24,25)21-11-10-20(18(21)23)12-17(22)13-2-4-14(19)5-3-13/h2-11H,12H2,1H3. The molecule has 27 heavy (non-hydrogen) atoms. The van der Waals surface area contributed by atoms with Crippen molar-refractivity contribution in [3.05, 3.63) is 82.0 Å². The molecule has 0 atom stereocenters. The van der Waals surface area contributed by atoms with E-state index in [9.17, 15) is 18.0 Å². The van der Waals surface area contributed by atoms with Crippen molar-refractivity contribution in [2.75, 3.05) is 7.11 Å². The molecule has 0 aliphatic carbocycles. The summed E-state index contributed by atoms with van der Waals surface area (Å²) in [5, 5.41) is 0.487. The lowest BCUT2D eigenvalue weighted by Crippen LogP contribution is -2.30. The van der Waals surface area contributed by atoms with Crippen LogP contribution in [0.4, 0.5) is 0 Å². The molecule has 0 fully saturated rings. The predicted molar refractivity (Wildman–Crippen MR) is 100 cm³/mol. The third-order valence-corrected chi connectivity index (χ3v) is 5.83. The highest BCUT2D eigenvalue weighted by Gasteiger charge is 2.21. The van der Waals surface area contributed by atoms with Crippen LogP contribution in [0.2, 0.25) is 5.02 Å².